The Morgan fingerprint density at radius 2 is 1.97 bits per heavy atom. The maximum Gasteiger partial charge on any atom is 0.315 e. The Hall–Kier alpha value is -3.22. The van der Waals surface area contributed by atoms with Crippen molar-refractivity contribution in [3.63, 3.8) is 0 Å². The summed E-state index contributed by atoms with van der Waals surface area (Å²) >= 11 is 0. The minimum absolute atomic E-state index is 0.0166. The van der Waals surface area contributed by atoms with E-state index in [9.17, 15) is 4.79 Å². The molecule has 1 saturated carbocycles. The van der Waals surface area contributed by atoms with E-state index in [1.54, 1.807) is 0 Å². The number of hydrogen-bond acceptors (Lipinski definition) is 4. The molecule has 1 fully saturated rings. The molecule has 29 heavy (non-hydrogen) atoms. The lowest BCUT2D eigenvalue weighted by Crippen LogP contribution is -2.39. The minimum Gasteiger partial charge on any atom is -0.486 e. The molecule has 2 amide bonds. The van der Waals surface area contributed by atoms with Crippen LogP contribution in [0.15, 0.2) is 42.5 Å². The summed E-state index contributed by atoms with van der Waals surface area (Å²) in [5, 5.41) is 6.09. The molecule has 0 bridgehead atoms. The number of carbonyl (C=O) groups is 1. The number of para-hydroxylation sites is 2. The number of benzene rings is 2. The molecule has 1 aromatic heterocycles. The van der Waals surface area contributed by atoms with Crippen molar-refractivity contribution in [3.05, 3.63) is 53.9 Å². The van der Waals surface area contributed by atoms with Crippen LogP contribution in [0.3, 0.4) is 0 Å². The summed E-state index contributed by atoms with van der Waals surface area (Å²) < 4.78 is 11.3. The number of ether oxygens (including phenoxy) is 2. The second kappa shape index (κ2) is 7.66. The second-order valence-electron chi connectivity index (χ2n) is 7.57. The Morgan fingerprint density at radius 1 is 1.14 bits per heavy atom. The zero-order valence-electron chi connectivity index (χ0n) is 16.1. The van der Waals surface area contributed by atoms with Crippen molar-refractivity contribution in [1.29, 1.82) is 0 Å². The van der Waals surface area contributed by atoms with Crippen LogP contribution in [0, 0.1) is 5.92 Å². The van der Waals surface area contributed by atoms with E-state index >= 15 is 0 Å². The topological polar surface area (TPSA) is 88.3 Å². The van der Waals surface area contributed by atoms with E-state index in [1.807, 2.05) is 42.5 Å². The quantitative estimate of drug-likeness (QED) is 0.600. The van der Waals surface area contributed by atoms with Crippen molar-refractivity contribution < 1.29 is 14.3 Å². The van der Waals surface area contributed by atoms with Crippen LogP contribution in [0.1, 0.15) is 30.3 Å². The largest absolute Gasteiger partial charge is 0.486 e. The lowest BCUT2D eigenvalue weighted by atomic mass is 10.0. The van der Waals surface area contributed by atoms with Gasteiger partial charge < -0.3 is 25.1 Å². The van der Waals surface area contributed by atoms with Crippen LogP contribution in [0.25, 0.3) is 11.0 Å². The molecule has 5 rings (SSSR count). The van der Waals surface area contributed by atoms with Crippen molar-refractivity contribution in [2.45, 2.75) is 25.3 Å². The molecule has 3 aromatic rings. The number of imidazole rings is 1. The van der Waals surface area contributed by atoms with Crippen molar-refractivity contribution in [2.24, 2.45) is 5.92 Å². The van der Waals surface area contributed by atoms with E-state index in [0.29, 0.717) is 32.1 Å². The standard InChI is InChI=1S/C22H24N4O3/c27-22(23-10-9-20-24-16-3-1-2-4-17(16)25-20)26-21(14-5-6-14)15-7-8-18-19(13-15)29-12-11-28-18/h1-4,7-8,13-14,21H,5-6,9-12H2,(H,24,25)(H2,23,26,27)/t21-/m1/s1. The van der Waals surface area contributed by atoms with Gasteiger partial charge in [-0.15, -0.1) is 0 Å². The molecule has 1 aliphatic carbocycles. The highest BCUT2D eigenvalue weighted by molar-refractivity contribution is 5.75. The third-order valence-electron chi connectivity index (χ3n) is 5.39. The zero-order chi connectivity index (χ0) is 19.6. The number of nitrogens with zero attached hydrogens (tertiary/aromatic N) is 1. The van der Waals surface area contributed by atoms with Crippen LogP contribution < -0.4 is 20.1 Å². The number of hydrogen-bond donors (Lipinski definition) is 3. The van der Waals surface area contributed by atoms with Gasteiger partial charge in [-0.2, -0.15) is 0 Å². The fourth-order valence-corrected chi connectivity index (χ4v) is 3.77. The van der Waals surface area contributed by atoms with Gasteiger partial charge in [-0.1, -0.05) is 18.2 Å². The Morgan fingerprint density at radius 3 is 2.79 bits per heavy atom. The molecule has 1 aliphatic heterocycles. The molecule has 0 spiro atoms. The molecule has 1 atom stereocenters. The average Bonchev–Trinajstić information content (AvgIpc) is 3.50. The molecule has 0 unspecified atom stereocenters. The van der Waals surface area contributed by atoms with Gasteiger partial charge in [0.25, 0.3) is 0 Å². The summed E-state index contributed by atoms with van der Waals surface area (Å²) in [6.45, 7) is 1.65. The van der Waals surface area contributed by atoms with E-state index < -0.39 is 0 Å². The maximum absolute atomic E-state index is 12.5. The van der Waals surface area contributed by atoms with Crippen molar-refractivity contribution in [3.8, 4) is 11.5 Å². The molecule has 7 heteroatoms. The first kappa shape index (κ1) is 17.8. The molecule has 3 N–H and O–H groups in total. The van der Waals surface area contributed by atoms with Gasteiger partial charge >= 0.3 is 6.03 Å². The third kappa shape index (κ3) is 3.99. The number of nitrogens with one attached hydrogen (secondary N) is 3. The monoisotopic (exact) mass is 392 g/mol. The van der Waals surface area contributed by atoms with Crippen molar-refractivity contribution in [1.82, 2.24) is 20.6 Å². The van der Waals surface area contributed by atoms with E-state index in [1.165, 1.54) is 0 Å². The van der Waals surface area contributed by atoms with E-state index in [-0.39, 0.29) is 12.1 Å². The summed E-state index contributed by atoms with van der Waals surface area (Å²) in [5.74, 6) is 2.87. The second-order valence-corrected chi connectivity index (χ2v) is 7.57. The Bertz CT molecular complexity index is 995. The molecule has 150 valence electrons. The van der Waals surface area contributed by atoms with Crippen LogP contribution in [-0.2, 0) is 6.42 Å². The summed E-state index contributed by atoms with van der Waals surface area (Å²) in [6, 6.07) is 13.7. The van der Waals surface area contributed by atoms with Gasteiger partial charge in [-0.25, -0.2) is 9.78 Å². The third-order valence-corrected chi connectivity index (χ3v) is 5.39. The zero-order valence-corrected chi connectivity index (χ0v) is 16.1. The number of H-pyrrole nitrogens is 1. The SMILES string of the molecule is O=C(NCCc1nc2ccccc2[nH]1)N[C@@H](c1ccc2c(c1)OCCO2)C1CC1. The van der Waals surface area contributed by atoms with Gasteiger partial charge in [0.2, 0.25) is 0 Å². The van der Waals surface area contributed by atoms with E-state index in [4.69, 9.17) is 9.47 Å². The fraction of sp³-hybridized carbons (Fsp3) is 0.364. The molecule has 2 aliphatic rings. The lowest BCUT2D eigenvalue weighted by molar-refractivity contribution is 0.171. The first-order valence-corrected chi connectivity index (χ1v) is 10.1. The first-order chi connectivity index (χ1) is 14.3. The number of aromatic nitrogens is 2. The van der Waals surface area contributed by atoms with Crippen molar-refractivity contribution >= 4 is 17.1 Å². The highest BCUT2D eigenvalue weighted by Gasteiger charge is 2.34. The molecule has 2 heterocycles. The molecular weight excluding hydrogens is 368 g/mol. The van der Waals surface area contributed by atoms with Gasteiger partial charge in [0.15, 0.2) is 11.5 Å². The van der Waals surface area contributed by atoms with Gasteiger partial charge in [-0.3, -0.25) is 0 Å². The highest BCUT2D eigenvalue weighted by atomic mass is 16.6. The number of fused-ring (bicyclic) bond motifs is 2. The first-order valence-electron chi connectivity index (χ1n) is 10.1. The number of amides is 2. The molecule has 7 nitrogen and oxygen atoms in total. The van der Waals surface area contributed by atoms with Crippen LogP contribution in [0.5, 0.6) is 11.5 Å². The van der Waals surface area contributed by atoms with Gasteiger partial charge in [-0.05, 0) is 48.6 Å². The van der Waals surface area contributed by atoms with Crippen molar-refractivity contribution in [2.75, 3.05) is 19.8 Å². The number of rotatable bonds is 6. The van der Waals surface area contributed by atoms with Crippen LogP contribution in [0.2, 0.25) is 0 Å². The van der Waals surface area contributed by atoms with Gasteiger partial charge in [0.1, 0.15) is 19.0 Å². The lowest BCUT2D eigenvalue weighted by Gasteiger charge is -2.23. The minimum atomic E-state index is -0.159. The Kier molecular flexibility index (Phi) is 4.71. The number of urea groups is 1. The molecule has 0 radical (unpaired) electrons. The summed E-state index contributed by atoms with van der Waals surface area (Å²) in [7, 11) is 0. The van der Waals surface area contributed by atoms with Gasteiger partial charge in [0.05, 0.1) is 17.1 Å². The summed E-state index contributed by atoms with van der Waals surface area (Å²) in [5.41, 5.74) is 3.02. The highest BCUT2D eigenvalue weighted by Crippen LogP contribution is 2.43. The smallest absolute Gasteiger partial charge is 0.315 e. The number of aromatic amines is 1. The molecule has 0 saturated heterocycles. The molecular formula is C22H24N4O3. The predicted octanol–water partition coefficient (Wildman–Crippen LogP) is 3.33. The van der Waals surface area contributed by atoms with Gasteiger partial charge in [0, 0.05) is 13.0 Å². The summed E-state index contributed by atoms with van der Waals surface area (Å²) in [6.07, 6.45) is 2.90. The Balaban J connectivity index is 1.19. The normalized spacial score (nSPS) is 16.4. The van der Waals surface area contributed by atoms with E-state index in [2.05, 4.69) is 20.6 Å². The average molecular weight is 392 g/mol. The van der Waals surface area contributed by atoms with Crippen LogP contribution in [0.4, 0.5) is 4.79 Å². The molecule has 2 aromatic carbocycles. The predicted molar refractivity (Wildman–Crippen MR) is 109 cm³/mol. The Labute approximate surface area is 168 Å². The van der Waals surface area contributed by atoms with E-state index in [0.717, 1.165) is 46.8 Å². The fourth-order valence-electron chi connectivity index (χ4n) is 3.77. The van der Waals surface area contributed by atoms with Crippen LogP contribution in [-0.4, -0.2) is 35.8 Å². The summed E-state index contributed by atoms with van der Waals surface area (Å²) in [4.78, 5) is 20.3. The number of carbonyl (C=O) groups excluding carboxylic acids is 1. The van der Waals surface area contributed by atoms with Crippen LogP contribution >= 0.6 is 0 Å². The maximum atomic E-state index is 12.5.